The quantitative estimate of drug-likeness (QED) is 0.796. The van der Waals surface area contributed by atoms with Gasteiger partial charge in [-0.15, -0.1) is 0 Å². The van der Waals surface area contributed by atoms with Crippen LogP contribution in [0.1, 0.15) is 12.0 Å². The minimum Gasteiger partial charge on any atom is -0.479 e. The molecule has 3 N–H and O–H groups in total. The van der Waals surface area contributed by atoms with E-state index in [1.807, 2.05) is 6.92 Å². The molecule has 1 heterocycles. The van der Waals surface area contributed by atoms with Crippen LogP contribution in [0.25, 0.3) is 0 Å². The smallest absolute Gasteiger partial charge is 0.332 e. The second-order valence-electron chi connectivity index (χ2n) is 4.73. The number of halogens is 1. The summed E-state index contributed by atoms with van der Waals surface area (Å²) < 4.78 is 5.07. The first-order chi connectivity index (χ1) is 9.43. The summed E-state index contributed by atoms with van der Waals surface area (Å²) in [7, 11) is 0. The Hall–Kier alpha value is -1.79. The molecule has 0 saturated carbocycles. The van der Waals surface area contributed by atoms with Gasteiger partial charge in [0.05, 0.1) is 6.61 Å². The number of benzene rings is 1. The van der Waals surface area contributed by atoms with Crippen molar-refractivity contribution in [1.82, 2.24) is 5.32 Å². The van der Waals surface area contributed by atoms with Crippen molar-refractivity contribution in [2.24, 2.45) is 0 Å². The van der Waals surface area contributed by atoms with Gasteiger partial charge in [-0.3, -0.25) is 0 Å². The highest BCUT2D eigenvalue weighted by atomic mass is 35.5. The number of carbonyl (C=O) groups excluding carboxylic acids is 1. The number of carbonyl (C=O) groups is 2. The van der Waals surface area contributed by atoms with Crippen molar-refractivity contribution >= 4 is 29.3 Å². The Bertz CT molecular complexity index is 541. The van der Waals surface area contributed by atoms with Crippen LogP contribution in [0.5, 0.6) is 0 Å². The van der Waals surface area contributed by atoms with Crippen molar-refractivity contribution in [2.75, 3.05) is 18.5 Å². The number of hydrogen-bond acceptors (Lipinski definition) is 3. The second kappa shape index (κ2) is 5.68. The van der Waals surface area contributed by atoms with Crippen LogP contribution >= 0.6 is 11.6 Å². The zero-order valence-corrected chi connectivity index (χ0v) is 11.7. The molecule has 7 heteroatoms. The first-order valence-corrected chi connectivity index (χ1v) is 6.47. The topological polar surface area (TPSA) is 87.7 Å². The van der Waals surface area contributed by atoms with E-state index in [4.69, 9.17) is 16.3 Å². The summed E-state index contributed by atoms with van der Waals surface area (Å²) in [4.78, 5) is 23.2. The molecular formula is C13H15ClN2O4. The van der Waals surface area contributed by atoms with Crippen molar-refractivity contribution in [3.8, 4) is 0 Å². The maximum atomic E-state index is 12.0. The van der Waals surface area contributed by atoms with Gasteiger partial charge in [-0.25, -0.2) is 9.59 Å². The van der Waals surface area contributed by atoms with Gasteiger partial charge in [-0.05, 0) is 24.6 Å². The van der Waals surface area contributed by atoms with Crippen LogP contribution in [0.4, 0.5) is 10.5 Å². The summed E-state index contributed by atoms with van der Waals surface area (Å²) in [5.41, 5.74) is 0.00219. The number of urea groups is 1. The van der Waals surface area contributed by atoms with E-state index in [1.54, 1.807) is 18.2 Å². The zero-order valence-electron chi connectivity index (χ0n) is 10.9. The Kier molecular flexibility index (Phi) is 4.15. The zero-order chi connectivity index (χ0) is 14.8. The third-order valence-corrected chi connectivity index (χ3v) is 3.47. The van der Waals surface area contributed by atoms with E-state index < -0.39 is 17.5 Å². The molecule has 1 atom stereocenters. The van der Waals surface area contributed by atoms with Gasteiger partial charge in [0.2, 0.25) is 0 Å². The number of aliphatic carboxylic acids is 1. The largest absolute Gasteiger partial charge is 0.479 e. The minimum atomic E-state index is -1.36. The monoisotopic (exact) mass is 298 g/mol. The molecular weight excluding hydrogens is 284 g/mol. The minimum absolute atomic E-state index is 0.0374. The summed E-state index contributed by atoms with van der Waals surface area (Å²) in [6, 6.07) is 4.49. The average molecular weight is 299 g/mol. The Balaban J connectivity index is 2.08. The van der Waals surface area contributed by atoms with E-state index in [0.717, 1.165) is 5.56 Å². The highest BCUT2D eigenvalue weighted by Gasteiger charge is 2.44. The highest BCUT2D eigenvalue weighted by molar-refractivity contribution is 6.31. The molecule has 0 bridgehead atoms. The lowest BCUT2D eigenvalue weighted by Crippen LogP contribution is -2.56. The number of ether oxygens (including phenoxy) is 1. The molecule has 108 valence electrons. The van der Waals surface area contributed by atoms with Crippen LogP contribution in [-0.4, -0.2) is 35.9 Å². The maximum absolute atomic E-state index is 12.0. The van der Waals surface area contributed by atoms with Crippen molar-refractivity contribution in [1.29, 1.82) is 0 Å². The Labute approximate surface area is 121 Å². The van der Waals surface area contributed by atoms with E-state index in [1.165, 1.54) is 0 Å². The Morgan fingerprint density at radius 1 is 1.45 bits per heavy atom. The Morgan fingerprint density at radius 2 is 2.20 bits per heavy atom. The fraction of sp³-hybridized carbons (Fsp3) is 0.385. The molecule has 1 aliphatic rings. The summed E-state index contributed by atoms with van der Waals surface area (Å²) in [5.74, 6) is -1.10. The lowest BCUT2D eigenvalue weighted by molar-refractivity contribution is -0.144. The first-order valence-electron chi connectivity index (χ1n) is 6.09. The molecule has 1 aliphatic heterocycles. The van der Waals surface area contributed by atoms with Gasteiger partial charge in [0.25, 0.3) is 0 Å². The Morgan fingerprint density at radius 3 is 2.80 bits per heavy atom. The maximum Gasteiger partial charge on any atom is 0.332 e. The summed E-state index contributed by atoms with van der Waals surface area (Å²) in [6.45, 7) is 2.09. The van der Waals surface area contributed by atoms with Gasteiger partial charge in [0.1, 0.15) is 0 Å². The highest BCUT2D eigenvalue weighted by Crippen LogP contribution is 2.22. The number of carboxylic acids is 1. The van der Waals surface area contributed by atoms with Gasteiger partial charge in [0.15, 0.2) is 5.54 Å². The van der Waals surface area contributed by atoms with E-state index in [9.17, 15) is 14.7 Å². The SMILES string of the molecule is Cc1ccc(Cl)cc1NC(=O)NC1(C(=O)O)CCOC1. The van der Waals surface area contributed by atoms with Gasteiger partial charge >= 0.3 is 12.0 Å². The molecule has 0 aromatic heterocycles. The van der Waals surface area contributed by atoms with E-state index >= 15 is 0 Å². The van der Waals surface area contributed by atoms with E-state index in [-0.39, 0.29) is 13.0 Å². The lowest BCUT2D eigenvalue weighted by Gasteiger charge is -2.24. The third kappa shape index (κ3) is 3.02. The molecule has 1 unspecified atom stereocenters. The number of nitrogens with one attached hydrogen (secondary N) is 2. The van der Waals surface area contributed by atoms with Crippen molar-refractivity contribution in [2.45, 2.75) is 18.9 Å². The van der Waals surface area contributed by atoms with Gasteiger partial charge in [-0.1, -0.05) is 17.7 Å². The number of anilines is 1. The van der Waals surface area contributed by atoms with Crippen LogP contribution in [-0.2, 0) is 9.53 Å². The predicted molar refractivity (Wildman–Crippen MR) is 74.1 cm³/mol. The number of hydrogen-bond donors (Lipinski definition) is 3. The van der Waals surface area contributed by atoms with Crippen LogP contribution < -0.4 is 10.6 Å². The fourth-order valence-electron chi connectivity index (χ4n) is 1.99. The predicted octanol–water partition coefficient (Wildman–Crippen LogP) is 2.01. The first kappa shape index (κ1) is 14.6. The number of aryl methyl sites for hydroxylation is 1. The lowest BCUT2D eigenvalue weighted by atomic mass is 9.99. The fourth-order valence-corrected chi connectivity index (χ4v) is 2.16. The van der Waals surface area contributed by atoms with Crippen molar-refractivity contribution in [3.05, 3.63) is 28.8 Å². The number of amides is 2. The molecule has 0 spiro atoms. The molecule has 1 aromatic carbocycles. The van der Waals surface area contributed by atoms with Crippen molar-refractivity contribution < 1.29 is 19.4 Å². The molecule has 2 amide bonds. The molecule has 0 radical (unpaired) electrons. The summed E-state index contributed by atoms with van der Waals surface area (Å²) in [6.07, 6.45) is 0.240. The molecule has 20 heavy (non-hydrogen) atoms. The van der Waals surface area contributed by atoms with Crippen molar-refractivity contribution in [3.63, 3.8) is 0 Å². The van der Waals surface area contributed by atoms with E-state index in [0.29, 0.717) is 17.3 Å². The molecule has 1 aromatic rings. The van der Waals surface area contributed by atoms with Crippen LogP contribution in [0.3, 0.4) is 0 Å². The van der Waals surface area contributed by atoms with Gasteiger partial charge < -0.3 is 20.5 Å². The molecule has 1 saturated heterocycles. The molecule has 0 aliphatic carbocycles. The van der Waals surface area contributed by atoms with Gasteiger partial charge in [0, 0.05) is 23.7 Å². The second-order valence-corrected chi connectivity index (χ2v) is 5.16. The van der Waals surface area contributed by atoms with E-state index in [2.05, 4.69) is 10.6 Å². The molecule has 1 fully saturated rings. The number of rotatable bonds is 3. The average Bonchev–Trinajstić information content (AvgIpc) is 2.83. The summed E-state index contributed by atoms with van der Waals surface area (Å²) >= 11 is 5.86. The molecule has 6 nitrogen and oxygen atoms in total. The summed E-state index contributed by atoms with van der Waals surface area (Å²) in [5, 5.41) is 14.8. The normalized spacial score (nSPS) is 21.5. The number of carboxylic acid groups (broad SMARTS) is 1. The standard InChI is InChI=1S/C13H15ClN2O4/c1-8-2-3-9(14)6-10(8)15-12(19)16-13(11(17)18)4-5-20-7-13/h2-3,6H,4-5,7H2,1H3,(H,17,18)(H2,15,16,19). The van der Waals surface area contributed by atoms with Crippen LogP contribution in [0.15, 0.2) is 18.2 Å². The van der Waals surface area contributed by atoms with Crippen LogP contribution in [0, 0.1) is 6.92 Å². The third-order valence-electron chi connectivity index (χ3n) is 3.23. The van der Waals surface area contributed by atoms with Crippen LogP contribution in [0.2, 0.25) is 5.02 Å². The van der Waals surface area contributed by atoms with Gasteiger partial charge in [-0.2, -0.15) is 0 Å². The molecule has 2 rings (SSSR count).